The van der Waals surface area contributed by atoms with Crippen LogP contribution in [0.4, 0.5) is 0 Å². The largest absolute Gasteiger partial charge is 0.373 e. The van der Waals surface area contributed by atoms with Crippen LogP contribution in [-0.4, -0.2) is 31.0 Å². The minimum absolute atomic E-state index is 0.0678. The Morgan fingerprint density at radius 2 is 1.44 bits per heavy atom. The van der Waals surface area contributed by atoms with Gasteiger partial charge in [0.25, 0.3) is 0 Å². The highest BCUT2D eigenvalue weighted by atomic mass is 16.6. The van der Waals surface area contributed by atoms with Crippen molar-refractivity contribution in [3.05, 3.63) is 0 Å². The van der Waals surface area contributed by atoms with Crippen LogP contribution in [0.1, 0.15) is 45.4 Å². The van der Waals surface area contributed by atoms with Crippen LogP contribution in [0.5, 0.6) is 0 Å². The Hall–Kier alpha value is -0.120. The molecule has 0 amide bonds. The van der Waals surface area contributed by atoms with Gasteiger partial charge < -0.3 is 15.2 Å². The van der Waals surface area contributed by atoms with Gasteiger partial charge in [-0.2, -0.15) is 0 Å². The van der Waals surface area contributed by atoms with Gasteiger partial charge in [-0.05, 0) is 50.9 Å². The van der Waals surface area contributed by atoms with Gasteiger partial charge in [-0.15, -0.1) is 0 Å². The highest BCUT2D eigenvalue weighted by molar-refractivity contribution is 4.98. The normalized spacial score (nSPS) is 51.4. The Balaban J connectivity index is 1.64. The molecule has 16 heavy (non-hydrogen) atoms. The first-order chi connectivity index (χ1) is 7.57. The summed E-state index contributed by atoms with van der Waals surface area (Å²) in [5, 5.41) is 0. The fourth-order valence-corrected chi connectivity index (χ4v) is 3.18. The lowest BCUT2D eigenvalue weighted by atomic mass is 9.64. The number of hydrogen-bond acceptors (Lipinski definition) is 3. The summed E-state index contributed by atoms with van der Waals surface area (Å²) in [5.41, 5.74) is 6.77. The third kappa shape index (κ3) is 2.58. The fraction of sp³-hybridized carbons (Fsp3) is 1.00. The van der Waals surface area contributed by atoms with Crippen molar-refractivity contribution in [2.45, 2.75) is 63.2 Å². The van der Waals surface area contributed by atoms with Crippen molar-refractivity contribution in [3.63, 3.8) is 0 Å². The molecule has 2 atom stereocenters. The molecule has 0 radical (unpaired) electrons. The maximum absolute atomic E-state index is 6.23. The molecular formula is C13H23NO2. The third-order valence-electron chi connectivity index (χ3n) is 4.58. The van der Waals surface area contributed by atoms with Gasteiger partial charge in [-0.3, -0.25) is 0 Å². The zero-order chi connectivity index (χ0) is 11.2. The second-order valence-electron chi connectivity index (χ2n) is 6.47. The van der Waals surface area contributed by atoms with E-state index in [9.17, 15) is 0 Å². The maximum Gasteiger partial charge on any atom is 0.0815 e. The highest BCUT2D eigenvalue weighted by Crippen LogP contribution is 2.49. The molecule has 1 aliphatic carbocycles. The lowest BCUT2D eigenvalue weighted by Gasteiger charge is -2.43. The Morgan fingerprint density at radius 3 is 1.81 bits per heavy atom. The van der Waals surface area contributed by atoms with E-state index in [1.54, 1.807) is 0 Å². The van der Waals surface area contributed by atoms with Crippen LogP contribution < -0.4 is 5.73 Å². The number of epoxide rings is 2. The summed E-state index contributed by atoms with van der Waals surface area (Å²) in [6, 6.07) is 0. The zero-order valence-electron chi connectivity index (χ0n) is 10.2. The van der Waals surface area contributed by atoms with E-state index < -0.39 is 0 Å². The molecule has 2 heterocycles. The van der Waals surface area contributed by atoms with Crippen molar-refractivity contribution in [3.8, 4) is 0 Å². The molecule has 0 spiro atoms. The van der Waals surface area contributed by atoms with E-state index in [1.165, 1.54) is 25.7 Å². The summed E-state index contributed by atoms with van der Waals surface area (Å²) >= 11 is 0. The topological polar surface area (TPSA) is 51.1 Å². The Bertz CT molecular complexity index is 243. The van der Waals surface area contributed by atoms with E-state index >= 15 is 0 Å². The first kappa shape index (κ1) is 11.0. The molecular weight excluding hydrogens is 202 g/mol. The highest BCUT2D eigenvalue weighted by Gasteiger charge is 2.45. The van der Waals surface area contributed by atoms with Crippen LogP contribution in [0, 0.1) is 5.41 Å². The van der Waals surface area contributed by atoms with E-state index in [-0.39, 0.29) is 5.54 Å². The molecule has 92 valence electrons. The minimum atomic E-state index is 0.0678. The van der Waals surface area contributed by atoms with Crippen molar-refractivity contribution in [1.29, 1.82) is 0 Å². The molecule has 2 aliphatic heterocycles. The van der Waals surface area contributed by atoms with Gasteiger partial charge in [-0.1, -0.05) is 0 Å². The second-order valence-corrected chi connectivity index (χ2v) is 6.47. The molecule has 3 nitrogen and oxygen atoms in total. The predicted octanol–water partition coefficient (Wildman–Crippen LogP) is 1.84. The number of hydrogen-bond donors (Lipinski definition) is 1. The summed E-state index contributed by atoms with van der Waals surface area (Å²) in [5.74, 6) is 0. The monoisotopic (exact) mass is 225 g/mol. The molecule has 2 unspecified atom stereocenters. The third-order valence-corrected chi connectivity index (χ3v) is 4.58. The van der Waals surface area contributed by atoms with E-state index in [4.69, 9.17) is 15.2 Å². The number of rotatable bonds is 4. The van der Waals surface area contributed by atoms with E-state index in [2.05, 4.69) is 6.92 Å². The molecule has 2 saturated heterocycles. The summed E-state index contributed by atoms with van der Waals surface area (Å²) < 4.78 is 10.8. The van der Waals surface area contributed by atoms with E-state index in [1.807, 2.05) is 0 Å². The van der Waals surface area contributed by atoms with Crippen LogP contribution in [0.25, 0.3) is 0 Å². The van der Waals surface area contributed by atoms with Crippen molar-refractivity contribution >= 4 is 0 Å². The summed E-state index contributed by atoms with van der Waals surface area (Å²) in [4.78, 5) is 0. The summed E-state index contributed by atoms with van der Waals surface area (Å²) in [7, 11) is 0. The van der Waals surface area contributed by atoms with Crippen LogP contribution in [0.2, 0.25) is 0 Å². The molecule has 0 aromatic carbocycles. The van der Waals surface area contributed by atoms with Crippen molar-refractivity contribution in [1.82, 2.24) is 0 Å². The minimum Gasteiger partial charge on any atom is -0.373 e. The number of ether oxygens (including phenoxy) is 2. The Labute approximate surface area is 97.7 Å². The summed E-state index contributed by atoms with van der Waals surface area (Å²) in [6.45, 7) is 4.15. The lowest BCUT2D eigenvalue weighted by Crippen LogP contribution is -2.44. The molecule has 1 saturated carbocycles. The first-order valence-electron chi connectivity index (χ1n) is 6.59. The standard InChI is InChI=1S/C13H23NO2/c1-12(14)2-4-13(5-3-12,6-10-8-15-10)7-11-9-16-11/h10-11H,2-9,14H2,1H3. The quantitative estimate of drug-likeness (QED) is 0.743. The van der Waals surface area contributed by atoms with Gasteiger partial charge in [0.2, 0.25) is 0 Å². The van der Waals surface area contributed by atoms with E-state index in [0.29, 0.717) is 17.6 Å². The van der Waals surface area contributed by atoms with Gasteiger partial charge in [0.1, 0.15) is 0 Å². The van der Waals surface area contributed by atoms with Gasteiger partial charge in [0, 0.05) is 5.54 Å². The van der Waals surface area contributed by atoms with Crippen LogP contribution in [-0.2, 0) is 9.47 Å². The van der Waals surface area contributed by atoms with Crippen molar-refractivity contribution in [2.75, 3.05) is 13.2 Å². The van der Waals surface area contributed by atoms with Gasteiger partial charge in [0.05, 0.1) is 25.4 Å². The lowest BCUT2D eigenvalue weighted by molar-refractivity contribution is 0.0934. The first-order valence-corrected chi connectivity index (χ1v) is 6.59. The maximum atomic E-state index is 6.23. The molecule has 0 aromatic rings. The average Bonchev–Trinajstić information content (AvgIpc) is 3.07. The van der Waals surface area contributed by atoms with Crippen LogP contribution >= 0.6 is 0 Å². The van der Waals surface area contributed by atoms with E-state index in [0.717, 1.165) is 26.1 Å². The Kier molecular flexibility index (Phi) is 2.54. The smallest absolute Gasteiger partial charge is 0.0815 e. The Morgan fingerprint density at radius 1 is 1.00 bits per heavy atom. The van der Waals surface area contributed by atoms with Gasteiger partial charge >= 0.3 is 0 Å². The van der Waals surface area contributed by atoms with Crippen molar-refractivity contribution < 1.29 is 9.47 Å². The van der Waals surface area contributed by atoms with Gasteiger partial charge in [-0.25, -0.2) is 0 Å². The molecule has 3 rings (SSSR count). The van der Waals surface area contributed by atoms with Crippen LogP contribution in [0.3, 0.4) is 0 Å². The molecule has 2 N–H and O–H groups in total. The predicted molar refractivity (Wildman–Crippen MR) is 62.2 cm³/mol. The van der Waals surface area contributed by atoms with Crippen molar-refractivity contribution in [2.24, 2.45) is 11.1 Å². The zero-order valence-corrected chi connectivity index (χ0v) is 10.2. The molecule has 3 fully saturated rings. The second kappa shape index (κ2) is 3.69. The van der Waals surface area contributed by atoms with Gasteiger partial charge in [0.15, 0.2) is 0 Å². The molecule has 0 bridgehead atoms. The SMILES string of the molecule is CC1(N)CCC(CC2CO2)(CC2CO2)CC1. The molecule has 3 aliphatic rings. The average molecular weight is 225 g/mol. The summed E-state index contributed by atoms with van der Waals surface area (Å²) in [6.07, 6.45) is 8.41. The fourth-order valence-electron chi connectivity index (χ4n) is 3.18. The number of nitrogens with two attached hydrogens (primary N) is 1. The molecule has 0 aromatic heterocycles. The van der Waals surface area contributed by atoms with Crippen LogP contribution in [0.15, 0.2) is 0 Å². The molecule has 3 heteroatoms.